The van der Waals surface area contributed by atoms with Crippen LogP contribution in [0.25, 0.3) is 0 Å². The van der Waals surface area contributed by atoms with Crippen molar-refractivity contribution in [1.29, 1.82) is 0 Å². The molecule has 0 radical (unpaired) electrons. The second-order valence-electron chi connectivity index (χ2n) is 5.50. The smallest absolute Gasteiger partial charge is 0.446 e. The maximum absolute atomic E-state index is 12.6. The Labute approximate surface area is 151 Å². The molecule has 1 unspecified atom stereocenters. The van der Waals surface area contributed by atoms with Gasteiger partial charge in [-0.05, 0) is 20.3 Å². The Balaban J connectivity index is 5.52. The van der Waals surface area contributed by atoms with Gasteiger partial charge in [0.1, 0.15) is 6.10 Å². The van der Waals surface area contributed by atoms with E-state index < -0.39 is 53.9 Å². The predicted octanol–water partition coefficient (Wildman–Crippen LogP) is 2.65. The molecule has 1 amide bonds. The quantitative estimate of drug-likeness (QED) is 0.451. The number of halogens is 6. The number of amides is 1. The molecule has 0 fully saturated rings. The van der Waals surface area contributed by atoms with Crippen molar-refractivity contribution in [3.63, 3.8) is 0 Å². The van der Waals surface area contributed by atoms with Gasteiger partial charge in [-0.1, -0.05) is 5.57 Å². The highest BCUT2D eigenvalue weighted by atomic mass is 32.3. The number of carbonyl (C=O) groups excluding carboxylic acids is 1. The number of alkyl carbamates (subject to hydrolysis) is 1. The molecule has 0 saturated carbocycles. The summed E-state index contributed by atoms with van der Waals surface area (Å²) < 4.78 is 122. The van der Waals surface area contributed by atoms with Crippen LogP contribution in [-0.4, -0.2) is 51.2 Å². The largest absolute Gasteiger partial charge is 0.498 e. The second kappa shape index (κ2) is 8.67. The Kier molecular flexibility index (Phi) is 8.18. The number of carbonyl (C=O) groups is 1. The van der Waals surface area contributed by atoms with E-state index >= 15 is 0 Å². The van der Waals surface area contributed by atoms with Gasteiger partial charge in [-0.15, -0.1) is 6.58 Å². The number of rotatable bonds is 8. The summed E-state index contributed by atoms with van der Waals surface area (Å²) in [5.41, 5.74) is -11.9. The van der Waals surface area contributed by atoms with Crippen LogP contribution in [-0.2, 0) is 24.4 Å². The van der Waals surface area contributed by atoms with E-state index in [4.69, 9.17) is 0 Å². The van der Waals surface area contributed by atoms with Crippen LogP contribution in [0.15, 0.2) is 12.2 Å². The first-order valence-corrected chi connectivity index (χ1v) is 10.1. The van der Waals surface area contributed by atoms with Crippen molar-refractivity contribution in [3.05, 3.63) is 12.2 Å². The molecule has 1 atom stereocenters. The zero-order valence-electron chi connectivity index (χ0n) is 14.0. The molecule has 0 rings (SSSR count). The molecule has 0 aliphatic heterocycles. The van der Waals surface area contributed by atoms with Crippen LogP contribution >= 0.6 is 0 Å². The van der Waals surface area contributed by atoms with Crippen LogP contribution in [0.4, 0.5) is 31.1 Å². The standard InChI is InChI=1S/C12H17F6NO6S2/c1-7(2)4-5-19-10(20)25-8(3)6-9(26(21,22)11(13,14)15)27(23,24)12(16,17)18/h8-9H,1,4-6H2,2-3H3,(H,19,20). The Morgan fingerprint density at radius 3 is 1.78 bits per heavy atom. The Hall–Kier alpha value is -1.51. The van der Waals surface area contributed by atoms with Crippen LogP contribution < -0.4 is 5.32 Å². The number of nitrogens with one attached hydrogen (secondary N) is 1. The molecule has 0 bridgehead atoms. The van der Waals surface area contributed by atoms with Crippen LogP contribution in [0.5, 0.6) is 0 Å². The van der Waals surface area contributed by atoms with Crippen LogP contribution in [0.2, 0.25) is 0 Å². The van der Waals surface area contributed by atoms with Gasteiger partial charge in [-0.25, -0.2) is 21.6 Å². The molecular weight excluding hydrogens is 432 g/mol. The molecule has 7 nitrogen and oxygen atoms in total. The first kappa shape index (κ1) is 25.5. The lowest BCUT2D eigenvalue weighted by atomic mass is 10.2. The predicted molar refractivity (Wildman–Crippen MR) is 81.7 cm³/mol. The Morgan fingerprint density at radius 1 is 1.04 bits per heavy atom. The normalized spacial score (nSPS) is 14.7. The number of ether oxygens (including phenoxy) is 1. The molecule has 27 heavy (non-hydrogen) atoms. The van der Waals surface area contributed by atoms with Gasteiger partial charge in [0.15, 0.2) is 4.58 Å². The second-order valence-corrected chi connectivity index (χ2v) is 10.0. The molecule has 0 heterocycles. The third-order valence-corrected chi connectivity index (χ3v) is 7.57. The number of alkyl halides is 6. The monoisotopic (exact) mass is 449 g/mol. The van der Waals surface area contributed by atoms with E-state index in [0.717, 1.165) is 6.92 Å². The van der Waals surface area contributed by atoms with E-state index in [2.05, 4.69) is 16.6 Å². The molecule has 1 N–H and O–H groups in total. The maximum Gasteiger partial charge on any atom is 0.498 e. The third kappa shape index (κ3) is 6.86. The first-order valence-electron chi connectivity index (χ1n) is 7.03. The van der Waals surface area contributed by atoms with Gasteiger partial charge in [0.2, 0.25) is 0 Å². The van der Waals surface area contributed by atoms with Gasteiger partial charge in [-0.2, -0.15) is 26.3 Å². The third-order valence-electron chi connectivity index (χ3n) is 2.99. The van der Waals surface area contributed by atoms with E-state index in [9.17, 15) is 48.0 Å². The zero-order chi connectivity index (χ0) is 21.8. The minimum Gasteiger partial charge on any atom is -0.446 e. The summed E-state index contributed by atoms with van der Waals surface area (Å²) in [5, 5.41) is 2.09. The molecule has 0 aliphatic carbocycles. The van der Waals surface area contributed by atoms with Gasteiger partial charge in [0.05, 0.1) is 0 Å². The summed E-state index contributed by atoms with van der Waals surface area (Å²) in [7, 11) is -13.5. The van der Waals surface area contributed by atoms with Gasteiger partial charge in [-0.3, -0.25) is 0 Å². The van der Waals surface area contributed by atoms with Crippen molar-refractivity contribution in [2.24, 2.45) is 0 Å². The molecule has 160 valence electrons. The molecule has 0 aromatic carbocycles. The summed E-state index contributed by atoms with van der Waals surface area (Å²) in [6, 6.07) is 0. The van der Waals surface area contributed by atoms with Crippen LogP contribution in [0.3, 0.4) is 0 Å². The fourth-order valence-electron chi connectivity index (χ4n) is 1.64. The van der Waals surface area contributed by atoms with Crippen LogP contribution in [0, 0.1) is 0 Å². The van der Waals surface area contributed by atoms with Gasteiger partial charge < -0.3 is 10.1 Å². The number of hydrogen-bond acceptors (Lipinski definition) is 6. The Morgan fingerprint density at radius 2 is 1.44 bits per heavy atom. The fraction of sp³-hybridized carbons (Fsp3) is 0.750. The zero-order valence-corrected chi connectivity index (χ0v) is 15.6. The lowest BCUT2D eigenvalue weighted by Crippen LogP contribution is -2.46. The molecule has 0 aliphatic rings. The maximum atomic E-state index is 12.6. The SMILES string of the molecule is C=C(C)CCNC(=O)OC(C)CC(S(=O)(=O)C(F)(F)F)S(=O)(=O)C(F)(F)F. The lowest BCUT2D eigenvalue weighted by molar-refractivity contribution is -0.0476. The van der Waals surface area contributed by atoms with E-state index in [1.54, 1.807) is 6.92 Å². The summed E-state index contributed by atoms with van der Waals surface area (Å²) in [4.78, 5) is 11.4. The minimum atomic E-state index is -6.77. The summed E-state index contributed by atoms with van der Waals surface area (Å²) in [6.07, 6.45) is -4.65. The number of hydrogen-bond donors (Lipinski definition) is 1. The van der Waals surface area contributed by atoms with Crippen molar-refractivity contribution >= 4 is 25.8 Å². The highest BCUT2D eigenvalue weighted by Crippen LogP contribution is 2.38. The van der Waals surface area contributed by atoms with E-state index in [0.29, 0.717) is 5.57 Å². The molecule has 0 aromatic rings. The van der Waals surface area contributed by atoms with Gasteiger partial charge in [0, 0.05) is 13.0 Å². The first-order chi connectivity index (χ1) is 11.8. The lowest BCUT2D eigenvalue weighted by Gasteiger charge is -2.23. The summed E-state index contributed by atoms with van der Waals surface area (Å²) in [6.45, 7) is 5.86. The van der Waals surface area contributed by atoms with Gasteiger partial charge >= 0.3 is 17.1 Å². The number of sulfone groups is 2. The fourth-order valence-corrected chi connectivity index (χ4v) is 5.27. The molecule has 15 heteroatoms. The Bertz CT molecular complexity index is 712. The molecule has 0 aromatic heterocycles. The van der Waals surface area contributed by atoms with E-state index in [-0.39, 0.29) is 13.0 Å². The summed E-state index contributed by atoms with van der Waals surface area (Å²) in [5.74, 6) is 0. The topological polar surface area (TPSA) is 107 Å². The van der Waals surface area contributed by atoms with Crippen LogP contribution in [0.1, 0.15) is 26.7 Å². The molecule has 0 spiro atoms. The van der Waals surface area contributed by atoms with E-state index in [1.165, 1.54) is 0 Å². The van der Waals surface area contributed by atoms with Crippen molar-refractivity contribution in [2.45, 2.75) is 48.4 Å². The average molecular weight is 449 g/mol. The average Bonchev–Trinajstić information content (AvgIpc) is 2.41. The molecule has 0 saturated heterocycles. The van der Waals surface area contributed by atoms with Crippen molar-refractivity contribution in [1.82, 2.24) is 5.32 Å². The highest BCUT2D eigenvalue weighted by Gasteiger charge is 2.63. The van der Waals surface area contributed by atoms with E-state index in [1.807, 2.05) is 0 Å². The summed E-state index contributed by atoms with van der Waals surface area (Å²) >= 11 is 0. The minimum absolute atomic E-state index is 0.0218. The van der Waals surface area contributed by atoms with Crippen molar-refractivity contribution < 1.29 is 52.7 Å². The van der Waals surface area contributed by atoms with Crippen molar-refractivity contribution in [2.75, 3.05) is 6.54 Å². The highest BCUT2D eigenvalue weighted by molar-refractivity contribution is 8.09. The van der Waals surface area contributed by atoms with Crippen molar-refractivity contribution in [3.8, 4) is 0 Å². The molecular formula is C12H17F6NO6S2. The van der Waals surface area contributed by atoms with Gasteiger partial charge in [0.25, 0.3) is 19.7 Å².